The van der Waals surface area contributed by atoms with Crippen molar-refractivity contribution in [3.63, 3.8) is 0 Å². The molecule has 0 bridgehead atoms. The zero-order valence-corrected chi connectivity index (χ0v) is 27.6. The summed E-state index contributed by atoms with van der Waals surface area (Å²) in [7, 11) is 0. The summed E-state index contributed by atoms with van der Waals surface area (Å²) in [6, 6.07) is 13.2. The number of morpholine rings is 1. The number of benzene rings is 1. The number of epoxide rings is 1. The second-order valence-corrected chi connectivity index (χ2v) is 12.9. The van der Waals surface area contributed by atoms with Gasteiger partial charge in [0.05, 0.1) is 32.4 Å². The Hall–Kier alpha value is -4.46. The summed E-state index contributed by atoms with van der Waals surface area (Å²) in [5, 5.41) is 12.5. The summed E-state index contributed by atoms with van der Waals surface area (Å²) in [4.78, 5) is 61.0. The van der Waals surface area contributed by atoms with Gasteiger partial charge in [-0.05, 0) is 37.0 Å². The summed E-state index contributed by atoms with van der Waals surface area (Å²) in [6.45, 7) is 9.16. The fourth-order valence-corrected chi connectivity index (χ4v) is 5.57. The zero-order valence-electron chi connectivity index (χ0n) is 27.6. The highest BCUT2D eigenvalue weighted by molar-refractivity contribution is 5.99. The van der Waals surface area contributed by atoms with Crippen LogP contribution in [-0.4, -0.2) is 95.2 Å². The molecule has 13 nitrogen and oxygen atoms in total. The van der Waals surface area contributed by atoms with Crippen molar-refractivity contribution in [2.24, 2.45) is 5.92 Å². The fraction of sp³-hybridized carbons (Fsp3) is 0.486. The van der Waals surface area contributed by atoms with Gasteiger partial charge in [0.1, 0.15) is 17.7 Å². The number of aromatic nitrogens is 2. The van der Waals surface area contributed by atoms with Crippen molar-refractivity contribution in [3.8, 4) is 0 Å². The minimum absolute atomic E-state index is 0.0292. The van der Waals surface area contributed by atoms with E-state index in [4.69, 9.17) is 14.0 Å². The quantitative estimate of drug-likeness (QED) is 0.193. The number of hydrogen-bond donors (Lipinski definition) is 3. The number of pyridine rings is 1. The van der Waals surface area contributed by atoms with Crippen molar-refractivity contribution in [2.75, 3.05) is 32.9 Å². The monoisotopic (exact) mass is 660 g/mol. The van der Waals surface area contributed by atoms with E-state index in [1.54, 1.807) is 37.4 Å². The summed E-state index contributed by atoms with van der Waals surface area (Å²) in [6.07, 6.45) is 2.23. The predicted octanol–water partition coefficient (Wildman–Crippen LogP) is 1.86. The molecule has 1 aromatic carbocycles. The molecule has 2 aliphatic heterocycles. The lowest BCUT2D eigenvalue weighted by Gasteiger charge is -2.26. The number of rotatable bonds is 16. The van der Waals surface area contributed by atoms with Crippen LogP contribution in [0.1, 0.15) is 54.7 Å². The van der Waals surface area contributed by atoms with Crippen LogP contribution in [0.15, 0.2) is 65.3 Å². The lowest BCUT2D eigenvalue weighted by Crippen LogP contribution is -2.57. The van der Waals surface area contributed by atoms with Crippen molar-refractivity contribution >= 4 is 23.5 Å². The average molecular weight is 661 g/mol. The number of ketones is 1. The van der Waals surface area contributed by atoms with Gasteiger partial charge in [0.15, 0.2) is 17.2 Å². The number of amides is 3. The molecule has 48 heavy (non-hydrogen) atoms. The van der Waals surface area contributed by atoms with Crippen LogP contribution in [0.2, 0.25) is 0 Å². The summed E-state index contributed by atoms with van der Waals surface area (Å²) in [5.41, 5.74) is 0.478. The summed E-state index contributed by atoms with van der Waals surface area (Å²) < 4.78 is 16.2. The third kappa shape index (κ3) is 9.78. The van der Waals surface area contributed by atoms with Gasteiger partial charge in [0, 0.05) is 43.9 Å². The lowest BCUT2D eigenvalue weighted by molar-refractivity contribution is -0.133. The average Bonchev–Trinajstić information content (AvgIpc) is 3.66. The Morgan fingerprint density at radius 1 is 0.896 bits per heavy atom. The van der Waals surface area contributed by atoms with Gasteiger partial charge in [-0.2, -0.15) is 0 Å². The van der Waals surface area contributed by atoms with Crippen molar-refractivity contribution in [1.82, 2.24) is 31.0 Å². The molecule has 3 unspecified atom stereocenters. The maximum Gasteiger partial charge on any atom is 0.274 e. The SMILES string of the molecule is CC(C)CC(NC(=O)C(Cc1ccccc1)NC(=O)C(Cc1ccccn1)NC(=O)c1cc(CN2CCOCC2)on1)C(=O)[C@@]1(C)CO1. The Bertz CT molecular complexity index is 1540. The molecule has 0 radical (unpaired) electrons. The van der Waals surface area contributed by atoms with Gasteiger partial charge in [0.25, 0.3) is 5.91 Å². The van der Waals surface area contributed by atoms with Crippen molar-refractivity contribution in [1.29, 1.82) is 0 Å². The summed E-state index contributed by atoms with van der Waals surface area (Å²) in [5.74, 6) is -1.27. The van der Waals surface area contributed by atoms with E-state index >= 15 is 0 Å². The van der Waals surface area contributed by atoms with Crippen LogP contribution < -0.4 is 16.0 Å². The van der Waals surface area contributed by atoms with E-state index in [0.29, 0.717) is 44.2 Å². The number of ether oxygens (including phenoxy) is 2. The van der Waals surface area contributed by atoms with E-state index in [9.17, 15) is 19.2 Å². The van der Waals surface area contributed by atoms with E-state index in [-0.39, 0.29) is 30.2 Å². The molecule has 256 valence electrons. The number of nitrogens with one attached hydrogen (secondary N) is 3. The first-order chi connectivity index (χ1) is 23.1. The van der Waals surface area contributed by atoms with Gasteiger partial charge in [-0.1, -0.05) is 55.4 Å². The third-order valence-corrected chi connectivity index (χ3v) is 8.39. The molecular weight excluding hydrogens is 616 g/mol. The van der Waals surface area contributed by atoms with E-state index in [2.05, 4.69) is 31.0 Å². The second kappa shape index (κ2) is 16.1. The maximum absolute atomic E-state index is 14.0. The minimum Gasteiger partial charge on any atom is -0.379 e. The van der Waals surface area contributed by atoms with Gasteiger partial charge in [-0.25, -0.2) is 0 Å². The smallest absolute Gasteiger partial charge is 0.274 e. The number of nitrogens with zero attached hydrogens (tertiary/aromatic N) is 3. The molecule has 2 aliphatic rings. The molecule has 4 heterocycles. The van der Waals surface area contributed by atoms with Crippen LogP contribution in [0.3, 0.4) is 0 Å². The fourth-order valence-electron chi connectivity index (χ4n) is 5.57. The van der Waals surface area contributed by atoms with Gasteiger partial charge in [-0.3, -0.25) is 29.1 Å². The van der Waals surface area contributed by atoms with Crippen LogP contribution >= 0.6 is 0 Å². The molecule has 4 atom stereocenters. The largest absolute Gasteiger partial charge is 0.379 e. The van der Waals surface area contributed by atoms with Crippen LogP contribution in [0.25, 0.3) is 0 Å². The van der Waals surface area contributed by atoms with Crippen molar-refractivity contribution in [2.45, 2.75) is 70.3 Å². The molecule has 3 N–H and O–H groups in total. The van der Waals surface area contributed by atoms with Gasteiger partial charge < -0.3 is 29.9 Å². The molecule has 13 heteroatoms. The molecule has 5 rings (SSSR count). The molecule has 2 saturated heterocycles. The molecule has 2 aromatic heterocycles. The van der Waals surface area contributed by atoms with Gasteiger partial charge >= 0.3 is 0 Å². The van der Waals surface area contributed by atoms with Gasteiger partial charge in [0.2, 0.25) is 11.8 Å². The predicted molar refractivity (Wildman–Crippen MR) is 175 cm³/mol. The Kier molecular flexibility index (Phi) is 11.7. The minimum atomic E-state index is -1.11. The van der Waals surface area contributed by atoms with Crippen molar-refractivity contribution in [3.05, 3.63) is 83.5 Å². The molecule has 0 saturated carbocycles. The molecule has 3 aromatic rings. The van der Waals surface area contributed by atoms with E-state index in [1.807, 2.05) is 44.2 Å². The number of Topliss-reactive ketones (excluding diaryl/α,β-unsaturated/α-hetero) is 1. The number of hydrogen-bond acceptors (Lipinski definition) is 10. The van der Waals surface area contributed by atoms with Gasteiger partial charge in [-0.15, -0.1) is 0 Å². The second-order valence-electron chi connectivity index (χ2n) is 12.9. The zero-order chi connectivity index (χ0) is 34.1. The standard InChI is InChI=1S/C35H44N6O7/c1-23(2)17-27(31(42)35(3)22-47-35)37-32(43)28(18-24-9-5-4-6-10-24)38-33(44)29(19-25-11-7-8-12-36-25)39-34(45)30-20-26(48-40-30)21-41-13-15-46-16-14-41/h4-12,20,23,27-29H,13-19,21-22H2,1-3H3,(H,37,43)(H,38,44)(H,39,45)/t27?,28?,29?,35-/m1/s1. The van der Waals surface area contributed by atoms with Crippen LogP contribution in [0.5, 0.6) is 0 Å². The Labute approximate surface area is 280 Å². The van der Waals surface area contributed by atoms with E-state index in [0.717, 1.165) is 18.7 Å². The normalized spacial score (nSPS) is 19.6. The molecule has 0 spiro atoms. The van der Waals surface area contributed by atoms with E-state index in [1.165, 1.54) is 0 Å². The van der Waals surface area contributed by atoms with Crippen molar-refractivity contribution < 1.29 is 33.2 Å². The first-order valence-electron chi connectivity index (χ1n) is 16.4. The van der Waals surface area contributed by atoms with Crippen LogP contribution in [0.4, 0.5) is 0 Å². The third-order valence-electron chi connectivity index (χ3n) is 8.39. The number of carbonyl (C=O) groups is 4. The maximum atomic E-state index is 14.0. The first-order valence-corrected chi connectivity index (χ1v) is 16.4. The molecule has 0 aliphatic carbocycles. The topological polar surface area (TPSA) is 168 Å². The Balaban J connectivity index is 1.33. The molecule has 2 fully saturated rings. The number of carbonyl (C=O) groups excluding carboxylic acids is 4. The lowest BCUT2D eigenvalue weighted by atomic mass is 9.93. The van der Waals surface area contributed by atoms with E-state index < -0.39 is 41.4 Å². The first kappa shape index (κ1) is 34.9. The summed E-state index contributed by atoms with van der Waals surface area (Å²) >= 11 is 0. The molecule has 3 amide bonds. The Morgan fingerprint density at radius 3 is 2.21 bits per heavy atom. The molecular formula is C35H44N6O7. The Morgan fingerprint density at radius 2 is 1.56 bits per heavy atom. The highest BCUT2D eigenvalue weighted by Gasteiger charge is 2.50. The van der Waals surface area contributed by atoms with Crippen LogP contribution in [-0.2, 0) is 43.2 Å². The van der Waals surface area contributed by atoms with Crippen LogP contribution in [0, 0.1) is 5.92 Å². The highest BCUT2D eigenvalue weighted by Crippen LogP contribution is 2.29. The highest BCUT2D eigenvalue weighted by atomic mass is 16.6.